The van der Waals surface area contributed by atoms with E-state index >= 15 is 0 Å². The Morgan fingerprint density at radius 3 is 1.05 bits per heavy atom. The molecule has 43 heavy (non-hydrogen) atoms. The van der Waals surface area contributed by atoms with Gasteiger partial charge >= 0.3 is 0 Å². The van der Waals surface area contributed by atoms with E-state index in [9.17, 15) is 0 Å². The molecular formula is C41H46N2. The summed E-state index contributed by atoms with van der Waals surface area (Å²) in [5.41, 5.74) is 13.5. The topological polar surface area (TPSA) is 6.48 Å². The second-order valence-electron chi connectivity index (χ2n) is 13.9. The number of nitrogens with zero attached hydrogens (tertiary/aromatic N) is 2. The zero-order valence-corrected chi connectivity index (χ0v) is 27.4. The van der Waals surface area contributed by atoms with Crippen LogP contribution in [0.2, 0.25) is 0 Å². The molecule has 0 radical (unpaired) electrons. The Hall–Kier alpha value is -4.30. The lowest BCUT2D eigenvalue weighted by Crippen LogP contribution is -2.15. The van der Waals surface area contributed by atoms with Gasteiger partial charge in [0.2, 0.25) is 0 Å². The molecule has 0 aliphatic heterocycles. The van der Waals surface area contributed by atoms with Crippen molar-refractivity contribution in [3.05, 3.63) is 143 Å². The van der Waals surface area contributed by atoms with Gasteiger partial charge in [0.15, 0.2) is 0 Å². The minimum Gasteiger partial charge on any atom is -0.310 e. The van der Waals surface area contributed by atoms with Gasteiger partial charge in [-0.15, -0.1) is 0 Å². The summed E-state index contributed by atoms with van der Waals surface area (Å²) >= 11 is 0. The first-order valence-electron chi connectivity index (χ1n) is 15.4. The zero-order valence-electron chi connectivity index (χ0n) is 27.4. The Balaban J connectivity index is 1.61. The fourth-order valence-electron chi connectivity index (χ4n) is 5.51. The van der Waals surface area contributed by atoms with Crippen LogP contribution < -0.4 is 9.80 Å². The van der Waals surface area contributed by atoms with E-state index in [2.05, 4.69) is 187 Å². The van der Waals surface area contributed by atoms with Gasteiger partial charge in [0.05, 0.1) is 0 Å². The third-order valence-corrected chi connectivity index (χ3v) is 8.25. The maximum absolute atomic E-state index is 2.37. The SMILES string of the molecule is Cc1ccc(N(c2ccc(C(C)(C)C)cc2)c2ccc(N(c3ccc(C)cc3)c3ccc(C(C)(C)C)cc3)c(C)c2)cc1. The predicted octanol–water partition coefficient (Wildman–Crippen LogP) is 12.1. The Morgan fingerprint density at radius 2 is 0.698 bits per heavy atom. The molecule has 5 aromatic rings. The fourth-order valence-corrected chi connectivity index (χ4v) is 5.51. The van der Waals surface area contributed by atoms with Crippen LogP contribution in [0.5, 0.6) is 0 Å². The normalized spacial score (nSPS) is 11.8. The molecule has 0 heterocycles. The van der Waals surface area contributed by atoms with E-state index in [4.69, 9.17) is 0 Å². The van der Waals surface area contributed by atoms with Gasteiger partial charge in [-0.2, -0.15) is 0 Å². The number of rotatable bonds is 6. The number of anilines is 6. The van der Waals surface area contributed by atoms with Crippen LogP contribution in [0, 0.1) is 20.8 Å². The van der Waals surface area contributed by atoms with Crippen LogP contribution in [-0.2, 0) is 10.8 Å². The van der Waals surface area contributed by atoms with Gasteiger partial charge in [-0.3, -0.25) is 0 Å². The van der Waals surface area contributed by atoms with Crippen molar-refractivity contribution in [3.63, 3.8) is 0 Å². The molecule has 5 aromatic carbocycles. The van der Waals surface area contributed by atoms with Crippen LogP contribution >= 0.6 is 0 Å². The van der Waals surface area contributed by atoms with Gasteiger partial charge in [-0.05, 0) is 115 Å². The molecule has 0 spiro atoms. The van der Waals surface area contributed by atoms with Crippen molar-refractivity contribution in [2.24, 2.45) is 0 Å². The Kier molecular flexibility index (Phi) is 8.25. The first kappa shape index (κ1) is 30.2. The van der Waals surface area contributed by atoms with Crippen molar-refractivity contribution >= 4 is 34.1 Å². The first-order chi connectivity index (χ1) is 20.3. The highest BCUT2D eigenvalue weighted by atomic mass is 15.2. The highest BCUT2D eigenvalue weighted by Gasteiger charge is 2.20. The first-order valence-corrected chi connectivity index (χ1v) is 15.4. The summed E-state index contributed by atoms with van der Waals surface area (Å²) in [6, 6.07) is 42.5. The lowest BCUT2D eigenvalue weighted by Gasteiger charge is -2.31. The summed E-state index contributed by atoms with van der Waals surface area (Å²) < 4.78 is 0. The molecule has 0 bridgehead atoms. The van der Waals surface area contributed by atoms with Gasteiger partial charge in [0.1, 0.15) is 0 Å². The maximum Gasteiger partial charge on any atom is 0.0492 e. The van der Waals surface area contributed by atoms with E-state index in [1.807, 2.05) is 0 Å². The summed E-state index contributed by atoms with van der Waals surface area (Å²) in [5, 5.41) is 0. The monoisotopic (exact) mass is 566 g/mol. The van der Waals surface area contributed by atoms with Crippen LogP contribution in [0.1, 0.15) is 69.4 Å². The molecule has 2 nitrogen and oxygen atoms in total. The minimum absolute atomic E-state index is 0.106. The molecule has 0 amide bonds. The van der Waals surface area contributed by atoms with Crippen LogP contribution in [0.3, 0.4) is 0 Å². The summed E-state index contributed by atoms with van der Waals surface area (Å²) in [5.74, 6) is 0. The van der Waals surface area contributed by atoms with Gasteiger partial charge in [0, 0.05) is 34.1 Å². The third-order valence-electron chi connectivity index (χ3n) is 8.25. The van der Waals surface area contributed by atoms with Gasteiger partial charge in [-0.25, -0.2) is 0 Å². The lowest BCUT2D eigenvalue weighted by molar-refractivity contribution is 0.590. The molecule has 2 heteroatoms. The van der Waals surface area contributed by atoms with Gasteiger partial charge in [0.25, 0.3) is 0 Å². The van der Waals surface area contributed by atoms with E-state index in [0.29, 0.717) is 0 Å². The second-order valence-corrected chi connectivity index (χ2v) is 13.9. The van der Waals surface area contributed by atoms with Crippen molar-refractivity contribution in [3.8, 4) is 0 Å². The average Bonchev–Trinajstić information content (AvgIpc) is 2.96. The highest BCUT2D eigenvalue weighted by Crippen LogP contribution is 2.42. The third kappa shape index (κ3) is 6.70. The number of hydrogen-bond acceptors (Lipinski definition) is 2. The summed E-state index contributed by atoms with van der Waals surface area (Å²) in [6.45, 7) is 20.1. The molecule has 0 N–H and O–H groups in total. The minimum atomic E-state index is 0.106. The molecular weight excluding hydrogens is 520 g/mol. The molecule has 0 saturated carbocycles. The molecule has 0 aliphatic carbocycles. The van der Waals surface area contributed by atoms with Crippen molar-refractivity contribution in [1.82, 2.24) is 0 Å². The Bertz CT molecular complexity index is 1660. The number of aryl methyl sites for hydroxylation is 3. The molecule has 0 aromatic heterocycles. The zero-order chi connectivity index (χ0) is 30.9. The molecule has 5 rings (SSSR count). The Labute approximate surface area is 259 Å². The standard InChI is InChI=1S/C41H46N2/c1-29-10-18-34(19-11-29)42(35-22-14-32(15-23-35)40(4,5)6)38-26-27-39(31(3)28-38)43(36-20-12-30(2)13-21-36)37-24-16-33(17-25-37)41(7,8)9/h10-28H,1-9H3. The molecule has 220 valence electrons. The number of benzene rings is 5. The van der Waals surface area contributed by atoms with Crippen molar-refractivity contribution in [1.29, 1.82) is 0 Å². The van der Waals surface area contributed by atoms with Gasteiger partial charge < -0.3 is 9.80 Å². The van der Waals surface area contributed by atoms with E-state index in [1.54, 1.807) is 0 Å². The number of hydrogen-bond donors (Lipinski definition) is 0. The van der Waals surface area contributed by atoms with Crippen LogP contribution in [0.15, 0.2) is 115 Å². The molecule has 0 unspecified atom stereocenters. The van der Waals surface area contributed by atoms with Crippen molar-refractivity contribution in [2.75, 3.05) is 9.80 Å². The fraction of sp³-hybridized carbons (Fsp3) is 0.268. The molecule has 0 atom stereocenters. The van der Waals surface area contributed by atoms with Crippen molar-refractivity contribution < 1.29 is 0 Å². The van der Waals surface area contributed by atoms with E-state index < -0.39 is 0 Å². The Morgan fingerprint density at radius 1 is 0.372 bits per heavy atom. The van der Waals surface area contributed by atoms with Crippen molar-refractivity contribution in [2.45, 2.75) is 73.1 Å². The summed E-state index contributed by atoms with van der Waals surface area (Å²) in [6.07, 6.45) is 0. The lowest BCUT2D eigenvalue weighted by atomic mass is 9.87. The molecule has 0 aliphatic rings. The quantitative estimate of drug-likeness (QED) is 0.202. The predicted molar refractivity (Wildman–Crippen MR) is 187 cm³/mol. The van der Waals surface area contributed by atoms with E-state index in [1.165, 1.54) is 33.5 Å². The smallest absolute Gasteiger partial charge is 0.0492 e. The van der Waals surface area contributed by atoms with Gasteiger partial charge in [-0.1, -0.05) is 101 Å². The molecule has 0 fully saturated rings. The van der Waals surface area contributed by atoms with Crippen LogP contribution in [0.4, 0.5) is 34.1 Å². The largest absolute Gasteiger partial charge is 0.310 e. The van der Waals surface area contributed by atoms with Crippen LogP contribution in [0.25, 0.3) is 0 Å². The summed E-state index contributed by atoms with van der Waals surface area (Å²) in [7, 11) is 0. The van der Waals surface area contributed by atoms with Crippen LogP contribution in [-0.4, -0.2) is 0 Å². The maximum atomic E-state index is 2.37. The summed E-state index contributed by atoms with van der Waals surface area (Å²) in [4.78, 5) is 4.73. The van der Waals surface area contributed by atoms with E-state index in [-0.39, 0.29) is 10.8 Å². The average molecular weight is 567 g/mol. The second kappa shape index (κ2) is 11.8. The van der Waals surface area contributed by atoms with E-state index in [0.717, 1.165) is 28.4 Å². The highest BCUT2D eigenvalue weighted by molar-refractivity contribution is 5.83. The molecule has 0 saturated heterocycles.